The van der Waals surface area contributed by atoms with Crippen molar-refractivity contribution in [3.8, 4) is 0 Å². The van der Waals surface area contributed by atoms with E-state index in [1.54, 1.807) is 16.4 Å². The van der Waals surface area contributed by atoms with Crippen LogP contribution in [0.1, 0.15) is 33.7 Å². The largest absolute Gasteiger partial charge is 0.396 e. The summed E-state index contributed by atoms with van der Waals surface area (Å²) in [4.78, 5) is 18.4. The molecule has 0 saturated carbocycles. The lowest BCUT2D eigenvalue weighted by atomic mass is 10.0. The third-order valence-corrected chi connectivity index (χ3v) is 6.33. The van der Waals surface area contributed by atoms with Gasteiger partial charge in [-0.1, -0.05) is 5.21 Å². The maximum atomic E-state index is 12.6. The molecule has 0 saturated heterocycles. The van der Waals surface area contributed by atoms with Crippen LogP contribution in [0.2, 0.25) is 0 Å². The smallest absolute Gasteiger partial charge is 0.251 e. The van der Waals surface area contributed by atoms with E-state index in [-0.39, 0.29) is 12.5 Å². The van der Waals surface area contributed by atoms with Gasteiger partial charge in [-0.3, -0.25) is 9.48 Å². The topological polar surface area (TPSA) is 99.1 Å². The molecule has 9 heteroatoms. The van der Waals surface area contributed by atoms with Crippen molar-refractivity contribution in [3.63, 3.8) is 0 Å². The highest BCUT2D eigenvalue weighted by Gasteiger charge is 2.19. The van der Waals surface area contributed by atoms with Crippen LogP contribution in [0.15, 0.2) is 24.4 Å². The van der Waals surface area contributed by atoms with Crippen molar-refractivity contribution in [2.75, 3.05) is 32.5 Å². The summed E-state index contributed by atoms with van der Waals surface area (Å²) < 4.78 is 1.75. The number of aliphatic hydroxyl groups is 1. The molecule has 1 aliphatic rings. The highest BCUT2D eigenvalue weighted by molar-refractivity contribution is 7.98. The SMILES string of the molecule is CN1CCc2[nH]c3ccc(C(=O)NCCSCc4cn(CCCO)nn4)cc3c2C1. The Morgan fingerprint density at radius 3 is 3.17 bits per heavy atom. The first-order valence-electron chi connectivity index (χ1n) is 10.3. The zero-order valence-electron chi connectivity index (χ0n) is 17.2. The van der Waals surface area contributed by atoms with Crippen LogP contribution in [0.25, 0.3) is 10.9 Å². The van der Waals surface area contributed by atoms with E-state index in [1.165, 1.54) is 11.3 Å². The van der Waals surface area contributed by atoms with Crippen molar-refractivity contribution >= 4 is 28.6 Å². The molecule has 1 amide bonds. The Balaban J connectivity index is 1.26. The Morgan fingerprint density at radius 1 is 1.40 bits per heavy atom. The monoisotopic (exact) mass is 428 g/mol. The number of amides is 1. The quantitative estimate of drug-likeness (QED) is 0.450. The minimum absolute atomic E-state index is 0.0356. The molecular formula is C21H28N6O2S. The van der Waals surface area contributed by atoms with E-state index in [9.17, 15) is 4.79 Å². The summed E-state index contributed by atoms with van der Waals surface area (Å²) in [6.45, 7) is 3.41. The van der Waals surface area contributed by atoms with Gasteiger partial charge in [-0.2, -0.15) is 11.8 Å². The lowest BCUT2D eigenvalue weighted by molar-refractivity contribution is 0.0956. The number of benzene rings is 1. The number of aryl methyl sites for hydroxylation is 1. The van der Waals surface area contributed by atoms with Crippen LogP contribution >= 0.6 is 11.8 Å². The number of fused-ring (bicyclic) bond motifs is 3. The fourth-order valence-corrected chi connectivity index (χ4v) is 4.48. The molecule has 8 nitrogen and oxygen atoms in total. The lowest BCUT2D eigenvalue weighted by Gasteiger charge is -2.22. The molecule has 0 aliphatic carbocycles. The Bertz CT molecular complexity index is 1010. The highest BCUT2D eigenvalue weighted by Crippen LogP contribution is 2.28. The number of carbonyl (C=O) groups excluding carboxylic acids is 1. The summed E-state index contributed by atoms with van der Waals surface area (Å²) in [5.41, 5.74) is 5.34. The maximum Gasteiger partial charge on any atom is 0.251 e. The first kappa shape index (κ1) is 20.9. The Hall–Kier alpha value is -2.36. The van der Waals surface area contributed by atoms with E-state index in [2.05, 4.69) is 32.6 Å². The summed E-state index contributed by atoms with van der Waals surface area (Å²) in [6.07, 6.45) is 3.61. The molecule has 1 aliphatic heterocycles. The van der Waals surface area contributed by atoms with Gasteiger partial charge in [0.1, 0.15) is 0 Å². The minimum atomic E-state index is -0.0356. The zero-order valence-corrected chi connectivity index (χ0v) is 18.0. The van der Waals surface area contributed by atoms with E-state index in [0.717, 1.165) is 47.6 Å². The van der Waals surface area contributed by atoms with E-state index in [1.807, 2.05) is 24.4 Å². The average molecular weight is 429 g/mol. The molecule has 0 unspecified atom stereocenters. The maximum absolute atomic E-state index is 12.6. The summed E-state index contributed by atoms with van der Waals surface area (Å²) in [7, 11) is 2.13. The van der Waals surface area contributed by atoms with Crippen molar-refractivity contribution in [1.82, 2.24) is 30.2 Å². The third-order valence-electron chi connectivity index (χ3n) is 5.34. The van der Waals surface area contributed by atoms with Crippen LogP contribution in [0.4, 0.5) is 0 Å². The molecular weight excluding hydrogens is 400 g/mol. The summed E-state index contributed by atoms with van der Waals surface area (Å²) >= 11 is 1.71. The predicted molar refractivity (Wildman–Crippen MR) is 119 cm³/mol. The molecule has 0 radical (unpaired) electrons. The number of aromatic nitrogens is 4. The van der Waals surface area contributed by atoms with E-state index in [0.29, 0.717) is 25.1 Å². The minimum Gasteiger partial charge on any atom is -0.396 e. The number of likely N-dealkylation sites (N-methyl/N-ethyl adjacent to an activating group) is 1. The molecule has 3 heterocycles. The van der Waals surface area contributed by atoms with Gasteiger partial charge in [0.25, 0.3) is 5.91 Å². The first-order chi connectivity index (χ1) is 14.6. The Labute approximate surface area is 180 Å². The number of hydrogen-bond donors (Lipinski definition) is 3. The van der Waals surface area contributed by atoms with Crippen LogP contribution in [-0.2, 0) is 25.3 Å². The van der Waals surface area contributed by atoms with Gasteiger partial charge in [-0.05, 0) is 37.2 Å². The van der Waals surface area contributed by atoms with E-state index >= 15 is 0 Å². The fraction of sp³-hybridized carbons (Fsp3) is 0.476. The Morgan fingerprint density at radius 2 is 2.30 bits per heavy atom. The third kappa shape index (κ3) is 4.85. The molecule has 160 valence electrons. The molecule has 2 aromatic heterocycles. The van der Waals surface area contributed by atoms with Crippen molar-refractivity contribution in [2.24, 2.45) is 0 Å². The van der Waals surface area contributed by atoms with Crippen LogP contribution in [0.3, 0.4) is 0 Å². The lowest BCUT2D eigenvalue weighted by Crippen LogP contribution is -2.26. The Kier molecular flexibility index (Phi) is 6.71. The molecule has 0 atom stereocenters. The molecule has 30 heavy (non-hydrogen) atoms. The van der Waals surface area contributed by atoms with Crippen LogP contribution in [-0.4, -0.2) is 68.4 Å². The van der Waals surface area contributed by atoms with Gasteiger partial charge >= 0.3 is 0 Å². The molecule has 3 N–H and O–H groups in total. The number of aromatic amines is 1. The second-order valence-electron chi connectivity index (χ2n) is 7.69. The van der Waals surface area contributed by atoms with Gasteiger partial charge < -0.3 is 20.3 Å². The van der Waals surface area contributed by atoms with Gasteiger partial charge in [0, 0.05) is 79.1 Å². The van der Waals surface area contributed by atoms with Gasteiger partial charge in [0.15, 0.2) is 0 Å². The van der Waals surface area contributed by atoms with Crippen LogP contribution in [0.5, 0.6) is 0 Å². The summed E-state index contributed by atoms with van der Waals surface area (Å²) in [5.74, 6) is 1.53. The number of thioether (sulfide) groups is 1. The molecule has 4 rings (SSSR count). The second-order valence-corrected chi connectivity index (χ2v) is 8.79. The van der Waals surface area contributed by atoms with Gasteiger partial charge in [0.2, 0.25) is 0 Å². The van der Waals surface area contributed by atoms with E-state index < -0.39 is 0 Å². The van der Waals surface area contributed by atoms with Gasteiger partial charge in [-0.15, -0.1) is 5.10 Å². The second kappa shape index (κ2) is 9.63. The number of nitrogens with one attached hydrogen (secondary N) is 2. The molecule has 0 bridgehead atoms. The number of H-pyrrole nitrogens is 1. The molecule has 0 fully saturated rings. The van der Waals surface area contributed by atoms with Crippen LogP contribution in [0, 0.1) is 0 Å². The average Bonchev–Trinajstić information content (AvgIpc) is 3.35. The highest BCUT2D eigenvalue weighted by atomic mass is 32.2. The van der Waals surface area contributed by atoms with Crippen molar-refractivity contribution in [3.05, 3.63) is 46.9 Å². The first-order valence-corrected chi connectivity index (χ1v) is 11.5. The molecule has 1 aromatic carbocycles. The summed E-state index contributed by atoms with van der Waals surface area (Å²) in [5, 5.41) is 21.2. The summed E-state index contributed by atoms with van der Waals surface area (Å²) in [6, 6.07) is 5.91. The molecule has 3 aromatic rings. The predicted octanol–water partition coefficient (Wildman–Crippen LogP) is 1.79. The van der Waals surface area contributed by atoms with Gasteiger partial charge in [0.05, 0.1) is 5.69 Å². The van der Waals surface area contributed by atoms with Crippen molar-refractivity contribution < 1.29 is 9.90 Å². The van der Waals surface area contributed by atoms with Gasteiger partial charge in [-0.25, -0.2) is 0 Å². The van der Waals surface area contributed by atoms with Crippen LogP contribution < -0.4 is 5.32 Å². The number of carbonyl (C=O) groups is 1. The van der Waals surface area contributed by atoms with Crippen molar-refractivity contribution in [2.45, 2.75) is 31.7 Å². The van der Waals surface area contributed by atoms with E-state index in [4.69, 9.17) is 5.11 Å². The number of rotatable bonds is 9. The number of hydrogen-bond acceptors (Lipinski definition) is 6. The van der Waals surface area contributed by atoms with Crippen molar-refractivity contribution in [1.29, 1.82) is 0 Å². The normalized spacial score (nSPS) is 14.2. The fourth-order valence-electron chi connectivity index (χ4n) is 3.75. The zero-order chi connectivity index (χ0) is 20.9. The standard InChI is InChI=1S/C21H28N6O2S/c1-26-8-5-20-18(13-26)17-11-15(3-4-19(17)23-20)21(29)22-6-10-30-14-16-12-27(25-24-16)7-2-9-28/h3-4,11-12,23,28H,2,5-10,13-14H2,1H3,(H,22,29). The number of aliphatic hydroxyl groups excluding tert-OH is 1. The molecule has 0 spiro atoms. The number of nitrogens with zero attached hydrogens (tertiary/aromatic N) is 4.